The third-order valence-electron chi connectivity index (χ3n) is 5.56. The highest BCUT2D eigenvalue weighted by molar-refractivity contribution is 7.25. The van der Waals surface area contributed by atoms with Crippen LogP contribution in [-0.4, -0.2) is 23.8 Å². The Bertz CT molecular complexity index is 1120. The van der Waals surface area contributed by atoms with E-state index in [1.54, 1.807) is 21.3 Å². The number of fused-ring (bicyclic) bond motifs is 3. The van der Waals surface area contributed by atoms with Crippen molar-refractivity contribution in [2.24, 2.45) is 0 Å². The van der Waals surface area contributed by atoms with Crippen molar-refractivity contribution in [1.82, 2.24) is 0 Å². The lowest BCUT2D eigenvalue weighted by Crippen LogP contribution is -2.49. The average Bonchev–Trinajstić information content (AvgIpc) is 3.03. The molecule has 0 unspecified atom stereocenters. The summed E-state index contributed by atoms with van der Waals surface area (Å²) in [5.41, 5.74) is 1.82. The Labute approximate surface area is 171 Å². The molecular weight excluding hydrogens is 363 g/mol. The first-order valence-electron chi connectivity index (χ1n) is 9.50. The van der Waals surface area contributed by atoms with Gasteiger partial charge in [-0.05, 0) is 62.4 Å². The predicted octanol–water partition coefficient (Wildman–Crippen LogP) is 5.53. The molecule has 0 saturated carbocycles. The van der Waals surface area contributed by atoms with Crippen LogP contribution in [0.2, 0.25) is 0 Å². The molecule has 0 saturated heterocycles. The number of rotatable bonds is 5. The van der Waals surface area contributed by atoms with Gasteiger partial charge in [-0.2, -0.15) is 0 Å². The van der Waals surface area contributed by atoms with E-state index in [0.717, 1.165) is 5.46 Å². The molecule has 0 amide bonds. The third kappa shape index (κ3) is 3.60. The highest BCUT2D eigenvalue weighted by Gasteiger charge is 2.35. The summed E-state index contributed by atoms with van der Waals surface area (Å²) in [5, 5.41) is 12.8. The fraction of sp³-hybridized carbons (Fsp3) is 0.250. The second kappa shape index (κ2) is 7.04. The van der Waals surface area contributed by atoms with Gasteiger partial charge in [0.1, 0.15) is 0 Å². The van der Waals surface area contributed by atoms with Crippen LogP contribution in [0.3, 0.4) is 0 Å². The molecule has 0 atom stereocenters. The first kappa shape index (κ1) is 19.2. The van der Waals surface area contributed by atoms with Crippen molar-refractivity contribution in [1.29, 1.82) is 0 Å². The molecule has 1 N–H and O–H groups in total. The van der Waals surface area contributed by atoms with E-state index in [4.69, 9.17) is 4.65 Å². The highest BCUT2D eigenvalue weighted by Crippen LogP contribution is 2.36. The van der Waals surface area contributed by atoms with Crippen LogP contribution in [0.4, 0.5) is 0 Å². The van der Waals surface area contributed by atoms with Gasteiger partial charge in [0.2, 0.25) is 0 Å². The van der Waals surface area contributed by atoms with Gasteiger partial charge in [-0.25, -0.2) is 0 Å². The molecule has 0 spiro atoms. The summed E-state index contributed by atoms with van der Waals surface area (Å²) in [6, 6.07) is 23.5. The van der Waals surface area contributed by atoms with Crippen molar-refractivity contribution in [3.8, 4) is 11.1 Å². The fourth-order valence-corrected chi connectivity index (χ4v) is 4.10. The van der Waals surface area contributed by atoms with E-state index >= 15 is 0 Å². The summed E-state index contributed by atoms with van der Waals surface area (Å²) in [7, 11) is 1.75. The smallest absolute Gasteiger partial charge is 0.330 e. The third-order valence-corrected chi connectivity index (χ3v) is 6.72. The van der Waals surface area contributed by atoms with Crippen LogP contribution in [-0.2, 0) is 4.65 Å². The lowest BCUT2D eigenvalue weighted by atomic mass is 9.82. The Morgan fingerprint density at radius 1 is 0.786 bits per heavy atom. The molecule has 0 aliphatic rings. The van der Waals surface area contributed by atoms with Gasteiger partial charge in [-0.3, -0.25) is 0 Å². The van der Waals surface area contributed by atoms with Crippen LogP contribution in [0, 0.1) is 0 Å². The van der Waals surface area contributed by atoms with Crippen LogP contribution in [0.1, 0.15) is 27.7 Å². The minimum absolute atomic E-state index is 0.681. The van der Waals surface area contributed by atoms with E-state index in [2.05, 4.69) is 60.7 Å². The van der Waals surface area contributed by atoms with E-state index in [1.807, 2.05) is 31.3 Å². The molecule has 141 valence electrons. The van der Waals surface area contributed by atoms with Crippen molar-refractivity contribution < 1.29 is 9.76 Å². The van der Waals surface area contributed by atoms with Gasteiger partial charge in [0.05, 0.1) is 11.2 Å². The second-order valence-electron chi connectivity index (χ2n) is 8.24. The van der Waals surface area contributed by atoms with E-state index in [0.29, 0.717) is 0 Å². The summed E-state index contributed by atoms with van der Waals surface area (Å²) >= 11 is 1.81. The predicted molar refractivity (Wildman–Crippen MR) is 122 cm³/mol. The van der Waals surface area contributed by atoms with E-state index < -0.39 is 11.2 Å². The minimum Gasteiger partial charge on any atom is -0.427 e. The average molecular weight is 387 g/mol. The van der Waals surface area contributed by atoms with Crippen molar-refractivity contribution in [3.05, 3.63) is 66.7 Å². The zero-order valence-electron chi connectivity index (χ0n) is 16.7. The molecule has 4 heteroatoms. The maximum absolute atomic E-state index is 10.3. The van der Waals surface area contributed by atoms with Crippen molar-refractivity contribution in [3.63, 3.8) is 0 Å². The first-order valence-corrected chi connectivity index (χ1v) is 10.3. The topological polar surface area (TPSA) is 29.5 Å². The van der Waals surface area contributed by atoms with Gasteiger partial charge < -0.3 is 9.76 Å². The lowest BCUT2D eigenvalue weighted by molar-refractivity contribution is -0.0893. The summed E-state index contributed by atoms with van der Waals surface area (Å²) in [4.78, 5) is 0. The van der Waals surface area contributed by atoms with Crippen LogP contribution in [0.25, 0.3) is 31.3 Å². The van der Waals surface area contributed by atoms with Gasteiger partial charge >= 0.3 is 7.48 Å². The molecule has 4 aromatic rings. The van der Waals surface area contributed by atoms with Gasteiger partial charge in [0.25, 0.3) is 0 Å². The maximum atomic E-state index is 10.3. The van der Waals surface area contributed by atoms with Gasteiger partial charge in [-0.15, -0.1) is 11.3 Å². The molecule has 28 heavy (non-hydrogen) atoms. The zero-order chi connectivity index (χ0) is 19.9. The SMILES string of the molecule is CC(C)(O)C(C)(C)O[B]c1ccc2sc3ccc(-c4ccccc4)cc3c2c1. The molecule has 0 bridgehead atoms. The summed E-state index contributed by atoms with van der Waals surface area (Å²) in [6.07, 6.45) is 0. The first-order chi connectivity index (χ1) is 13.2. The summed E-state index contributed by atoms with van der Waals surface area (Å²) < 4.78 is 8.48. The molecule has 1 heterocycles. The molecule has 1 aromatic heterocycles. The van der Waals surface area contributed by atoms with Gasteiger partial charge in [-0.1, -0.05) is 54.0 Å². The van der Waals surface area contributed by atoms with Crippen molar-refractivity contribution in [2.75, 3.05) is 0 Å². The Kier molecular flexibility index (Phi) is 4.82. The number of hydrogen-bond donors (Lipinski definition) is 1. The summed E-state index contributed by atoms with van der Waals surface area (Å²) in [6.45, 7) is 7.32. The zero-order valence-corrected chi connectivity index (χ0v) is 17.5. The van der Waals surface area contributed by atoms with Crippen LogP contribution < -0.4 is 5.46 Å². The van der Waals surface area contributed by atoms with Crippen molar-refractivity contribution >= 4 is 44.5 Å². The fourth-order valence-electron chi connectivity index (χ4n) is 3.04. The molecule has 0 aliphatic heterocycles. The Hall–Kier alpha value is -2.14. The molecule has 2 nitrogen and oxygen atoms in total. The van der Waals surface area contributed by atoms with Gasteiger partial charge in [0, 0.05) is 14.8 Å². The number of thiophene rings is 1. The Morgan fingerprint density at radius 3 is 2.11 bits per heavy atom. The second-order valence-corrected chi connectivity index (χ2v) is 9.32. The Balaban J connectivity index is 1.71. The van der Waals surface area contributed by atoms with Crippen LogP contribution in [0.5, 0.6) is 0 Å². The van der Waals surface area contributed by atoms with Crippen LogP contribution in [0.15, 0.2) is 66.7 Å². The minimum atomic E-state index is -0.937. The number of hydrogen-bond acceptors (Lipinski definition) is 3. The normalized spacial score (nSPS) is 12.6. The molecule has 4 rings (SSSR count). The number of aliphatic hydroxyl groups is 1. The lowest BCUT2D eigenvalue weighted by Gasteiger charge is -2.37. The number of benzene rings is 3. The maximum Gasteiger partial charge on any atom is 0.330 e. The molecule has 0 fully saturated rings. The summed E-state index contributed by atoms with van der Waals surface area (Å²) in [5.74, 6) is 0. The molecular formula is C24H24BO2S. The van der Waals surface area contributed by atoms with Crippen LogP contribution >= 0.6 is 11.3 Å². The van der Waals surface area contributed by atoms with Gasteiger partial charge in [0.15, 0.2) is 0 Å². The van der Waals surface area contributed by atoms with Crippen molar-refractivity contribution in [2.45, 2.75) is 38.9 Å². The monoisotopic (exact) mass is 387 g/mol. The van der Waals surface area contributed by atoms with E-state index in [-0.39, 0.29) is 0 Å². The molecule has 0 aliphatic carbocycles. The molecule has 1 radical (unpaired) electrons. The highest BCUT2D eigenvalue weighted by atomic mass is 32.1. The van der Waals surface area contributed by atoms with E-state index in [9.17, 15) is 5.11 Å². The standard InChI is InChI=1S/C24H24BO2S/c1-23(2,26)24(3,4)27-25-18-11-13-22-20(15-18)19-14-17(10-12-21(19)28-22)16-8-6-5-7-9-16/h5-15,26H,1-4H3. The largest absolute Gasteiger partial charge is 0.427 e. The molecule has 3 aromatic carbocycles. The van der Waals surface area contributed by atoms with E-state index in [1.165, 1.54) is 31.3 Å². The quantitative estimate of drug-likeness (QED) is 0.456. The Morgan fingerprint density at radius 2 is 1.43 bits per heavy atom.